The Hall–Kier alpha value is -1.49. The van der Waals surface area contributed by atoms with E-state index in [1.165, 1.54) is 0 Å². The van der Waals surface area contributed by atoms with Gasteiger partial charge in [-0.15, -0.1) is 0 Å². The summed E-state index contributed by atoms with van der Waals surface area (Å²) in [6.07, 6.45) is -0.562. The second kappa shape index (κ2) is 4.18. The number of hydrogen-bond donors (Lipinski definition) is 1. The zero-order valence-corrected chi connectivity index (χ0v) is 9.14. The van der Waals surface area contributed by atoms with E-state index < -0.39 is 0 Å². The molecule has 2 N–H and O–H groups in total. The van der Waals surface area contributed by atoms with Gasteiger partial charge >= 0.3 is 6.09 Å². The third-order valence-corrected chi connectivity index (χ3v) is 2.65. The number of amides is 1. The van der Waals surface area contributed by atoms with E-state index in [-0.39, 0.29) is 12.2 Å². The summed E-state index contributed by atoms with van der Waals surface area (Å²) in [6, 6.07) is 5.43. The molecule has 0 aliphatic carbocycles. The Morgan fingerprint density at radius 3 is 2.94 bits per heavy atom. The molecular formula is C11H13BN2O2. The van der Waals surface area contributed by atoms with E-state index in [1.54, 1.807) is 11.0 Å². The van der Waals surface area contributed by atoms with Crippen molar-refractivity contribution in [1.82, 2.24) is 0 Å². The van der Waals surface area contributed by atoms with Crippen molar-refractivity contribution in [2.24, 2.45) is 5.73 Å². The van der Waals surface area contributed by atoms with E-state index in [1.807, 2.05) is 19.1 Å². The molecule has 2 rings (SSSR count). The first-order chi connectivity index (χ1) is 7.61. The summed E-state index contributed by atoms with van der Waals surface area (Å²) in [5, 5.41) is 0. The van der Waals surface area contributed by atoms with Crippen molar-refractivity contribution in [3.8, 4) is 0 Å². The summed E-state index contributed by atoms with van der Waals surface area (Å²) in [4.78, 5) is 13.2. The number of carbonyl (C=O) groups is 1. The van der Waals surface area contributed by atoms with Crippen molar-refractivity contribution in [3.05, 3.63) is 23.8 Å². The van der Waals surface area contributed by atoms with Gasteiger partial charge in [-0.25, -0.2) is 4.79 Å². The predicted octanol–water partition coefficient (Wildman–Crippen LogP) is 0.0727. The van der Waals surface area contributed by atoms with Gasteiger partial charge in [-0.3, -0.25) is 4.90 Å². The van der Waals surface area contributed by atoms with E-state index >= 15 is 0 Å². The Morgan fingerprint density at radius 1 is 1.62 bits per heavy atom. The second-order valence-electron chi connectivity index (χ2n) is 3.90. The first kappa shape index (κ1) is 11.0. The zero-order valence-electron chi connectivity index (χ0n) is 9.14. The highest BCUT2D eigenvalue weighted by Gasteiger charge is 2.31. The molecule has 0 unspecified atom stereocenters. The molecule has 1 aliphatic heterocycles. The Morgan fingerprint density at radius 2 is 2.38 bits per heavy atom. The summed E-state index contributed by atoms with van der Waals surface area (Å²) in [5.41, 5.74) is 7.94. The lowest BCUT2D eigenvalue weighted by atomic mass is 9.94. The monoisotopic (exact) mass is 216 g/mol. The number of nitrogens with two attached hydrogens (primary N) is 1. The van der Waals surface area contributed by atoms with Crippen molar-refractivity contribution in [2.45, 2.75) is 13.0 Å². The lowest BCUT2D eigenvalue weighted by Gasteiger charge is -2.16. The Balaban J connectivity index is 2.28. The summed E-state index contributed by atoms with van der Waals surface area (Å²) in [6.45, 7) is 2.76. The molecule has 0 aromatic heterocycles. The molecule has 0 saturated carbocycles. The van der Waals surface area contributed by atoms with Gasteiger partial charge in [0.05, 0.1) is 12.2 Å². The summed E-state index contributed by atoms with van der Waals surface area (Å²) in [7, 11) is 5.66. The molecule has 4 nitrogen and oxygen atoms in total. The molecule has 1 aliphatic rings. The fourth-order valence-corrected chi connectivity index (χ4v) is 1.82. The van der Waals surface area contributed by atoms with E-state index in [0.29, 0.717) is 18.6 Å². The molecule has 1 aromatic rings. The minimum atomic E-state index is -0.344. The van der Waals surface area contributed by atoms with Gasteiger partial charge in [0.2, 0.25) is 0 Å². The van der Waals surface area contributed by atoms with Gasteiger partial charge in [0, 0.05) is 6.54 Å². The van der Waals surface area contributed by atoms with Crippen LogP contribution >= 0.6 is 0 Å². The van der Waals surface area contributed by atoms with Gasteiger partial charge in [0.15, 0.2) is 0 Å². The zero-order chi connectivity index (χ0) is 11.7. The molecule has 5 heteroatoms. The average molecular weight is 216 g/mol. The van der Waals surface area contributed by atoms with Gasteiger partial charge in [0.25, 0.3) is 0 Å². The minimum absolute atomic E-state index is 0.218. The van der Waals surface area contributed by atoms with Gasteiger partial charge < -0.3 is 10.5 Å². The molecule has 16 heavy (non-hydrogen) atoms. The third-order valence-electron chi connectivity index (χ3n) is 2.65. The fourth-order valence-electron chi connectivity index (χ4n) is 1.82. The van der Waals surface area contributed by atoms with Crippen LogP contribution in [0.15, 0.2) is 18.2 Å². The Bertz CT molecular complexity index is 422. The number of hydrogen-bond acceptors (Lipinski definition) is 3. The number of carbonyl (C=O) groups excluding carboxylic acids is 1. The molecule has 0 spiro atoms. The van der Waals surface area contributed by atoms with Crippen LogP contribution in [0.25, 0.3) is 0 Å². The third kappa shape index (κ3) is 1.90. The van der Waals surface area contributed by atoms with Crippen LogP contribution in [0.4, 0.5) is 10.5 Å². The van der Waals surface area contributed by atoms with Gasteiger partial charge in [-0.05, 0) is 18.6 Å². The molecular weight excluding hydrogens is 203 g/mol. The van der Waals surface area contributed by atoms with E-state index in [9.17, 15) is 4.79 Å². The van der Waals surface area contributed by atoms with Crippen molar-refractivity contribution in [3.63, 3.8) is 0 Å². The highest BCUT2D eigenvalue weighted by molar-refractivity contribution is 6.32. The van der Waals surface area contributed by atoms with Crippen molar-refractivity contribution in [1.29, 1.82) is 0 Å². The minimum Gasteiger partial charge on any atom is -0.443 e. The summed E-state index contributed by atoms with van der Waals surface area (Å²) in [5.74, 6) is 0. The van der Waals surface area contributed by atoms with Crippen LogP contribution < -0.4 is 16.1 Å². The molecule has 0 bridgehead atoms. The van der Waals surface area contributed by atoms with Crippen LogP contribution in [-0.4, -0.2) is 33.1 Å². The molecule has 1 amide bonds. The number of aryl methyl sites for hydroxylation is 1. The lowest BCUT2D eigenvalue weighted by molar-refractivity contribution is 0.145. The number of ether oxygens (including phenoxy) is 1. The van der Waals surface area contributed by atoms with Crippen LogP contribution in [0.3, 0.4) is 0 Å². The predicted molar refractivity (Wildman–Crippen MR) is 63.2 cm³/mol. The Kier molecular flexibility index (Phi) is 2.87. The smallest absolute Gasteiger partial charge is 0.414 e. The second-order valence-corrected chi connectivity index (χ2v) is 3.90. The largest absolute Gasteiger partial charge is 0.443 e. The normalized spacial score (nSPS) is 20.0. The van der Waals surface area contributed by atoms with E-state index in [2.05, 4.69) is 0 Å². The molecule has 1 heterocycles. The van der Waals surface area contributed by atoms with Crippen LogP contribution in [0.1, 0.15) is 5.56 Å². The molecule has 1 fully saturated rings. The first-order valence-electron chi connectivity index (χ1n) is 5.16. The van der Waals surface area contributed by atoms with E-state index in [4.69, 9.17) is 18.3 Å². The molecule has 1 saturated heterocycles. The van der Waals surface area contributed by atoms with Gasteiger partial charge in [0.1, 0.15) is 14.0 Å². The molecule has 82 valence electrons. The topological polar surface area (TPSA) is 55.6 Å². The number of benzene rings is 1. The van der Waals surface area contributed by atoms with Crippen LogP contribution in [0.5, 0.6) is 0 Å². The first-order valence-corrected chi connectivity index (χ1v) is 5.16. The van der Waals surface area contributed by atoms with Gasteiger partial charge in [-0.1, -0.05) is 17.6 Å². The number of anilines is 1. The highest BCUT2D eigenvalue weighted by Crippen LogP contribution is 2.23. The summed E-state index contributed by atoms with van der Waals surface area (Å²) < 4.78 is 5.09. The van der Waals surface area contributed by atoms with Crippen molar-refractivity contribution < 1.29 is 9.53 Å². The summed E-state index contributed by atoms with van der Waals surface area (Å²) >= 11 is 0. The molecule has 1 atom stereocenters. The van der Waals surface area contributed by atoms with Crippen LogP contribution in [0.2, 0.25) is 0 Å². The maximum Gasteiger partial charge on any atom is 0.414 e. The molecule has 1 aromatic carbocycles. The van der Waals surface area contributed by atoms with Crippen molar-refractivity contribution >= 4 is 25.1 Å². The quantitative estimate of drug-likeness (QED) is 0.712. The number of rotatable bonds is 2. The Labute approximate surface area is 95.8 Å². The maximum atomic E-state index is 11.6. The van der Waals surface area contributed by atoms with Crippen molar-refractivity contribution in [2.75, 3.05) is 18.0 Å². The highest BCUT2D eigenvalue weighted by atomic mass is 16.6. The fraction of sp³-hybridized carbons (Fsp3) is 0.364. The average Bonchev–Trinajstić information content (AvgIpc) is 2.60. The number of nitrogens with zero attached hydrogens (tertiary/aromatic N) is 1. The SMILES string of the molecule is [B]c1ccc(N2C[C@H](CN)OC2=O)c(C)c1. The van der Waals surface area contributed by atoms with Gasteiger partial charge in [-0.2, -0.15) is 0 Å². The number of cyclic esters (lactones) is 1. The maximum absolute atomic E-state index is 11.6. The standard InChI is InChI=1S/C11H13BN2O2/c1-7-4-8(12)2-3-10(7)14-6-9(5-13)16-11(14)15/h2-4,9H,5-6,13H2,1H3/t9-/m0/s1. The van der Waals surface area contributed by atoms with E-state index in [0.717, 1.165) is 11.3 Å². The molecule has 2 radical (unpaired) electrons. The lowest BCUT2D eigenvalue weighted by Crippen LogP contribution is -2.28. The van der Waals surface area contributed by atoms with Crippen LogP contribution in [0, 0.1) is 6.92 Å². The van der Waals surface area contributed by atoms with Crippen LogP contribution in [-0.2, 0) is 4.74 Å².